The summed E-state index contributed by atoms with van der Waals surface area (Å²) in [5.74, 6) is -0.0201. The van der Waals surface area contributed by atoms with Gasteiger partial charge in [-0.15, -0.1) is 0 Å². The Morgan fingerprint density at radius 2 is 1.67 bits per heavy atom. The molecule has 0 radical (unpaired) electrons. The molecule has 0 N–H and O–H groups in total. The molecular formula is C19H15F4N3O. The highest BCUT2D eigenvalue weighted by Crippen LogP contribution is 2.35. The Balaban J connectivity index is 2.08. The van der Waals surface area contributed by atoms with Crippen LogP contribution in [0.5, 0.6) is 5.75 Å². The standard InChI is InChI=1S/C19H15F4N3O/c1-11-9-14(26-15(10-11)17-24-8-7-12(2)25-17)13-5-3-4-6-16(13)27-19(22,23)18(20)21/h3-10,18H,1-2H3. The van der Waals surface area contributed by atoms with Gasteiger partial charge in [-0.25, -0.2) is 15.0 Å². The van der Waals surface area contributed by atoms with Crippen LogP contribution in [0.25, 0.3) is 22.8 Å². The van der Waals surface area contributed by atoms with Crippen LogP contribution in [0.4, 0.5) is 17.6 Å². The number of para-hydroxylation sites is 1. The molecule has 0 unspecified atom stereocenters. The molecule has 4 nitrogen and oxygen atoms in total. The van der Waals surface area contributed by atoms with E-state index < -0.39 is 18.3 Å². The number of rotatable bonds is 5. The molecule has 2 heterocycles. The van der Waals surface area contributed by atoms with Crippen molar-refractivity contribution in [2.45, 2.75) is 26.4 Å². The predicted octanol–water partition coefficient (Wildman–Crippen LogP) is 5.06. The first-order valence-corrected chi connectivity index (χ1v) is 7.99. The summed E-state index contributed by atoms with van der Waals surface area (Å²) in [7, 11) is 0. The van der Waals surface area contributed by atoms with Gasteiger partial charge in [0.1, 0.15) is 11.4 Å². The van der Waals surface area contributed by atoms with Crippen molar-refractivity contribution in [2.75, 3.05) is 0 Å². The van der Waals surface area contributed by atoms with Gasteiger partial charge in [-0.1, -0.05) is 12.1 Å². The van der Waals surface area contributed by atoms with Gasteiger partial charge < -0.3 is 4.74 Å². The Bertz CT molecular complexity index is 963. The molecule has 3 aromatic rings. The minimum Gasteiger partial charge on any atom is -0.428 e. The summed E-state index contributed by atoms with van der Waals surface area (Å²) in [6.45, 7) is 3.60. The monoisotopic (exact) mass is 377 g/mol. The van der Waals surface area contributed by atoms with E-state index >= 15 is 0 Å². The lowest BCUT2D eigenvalue weighted by Crippen LogP contribution is -2.33. The van der Waals surface area contributed by atoms with Crippen molar-refractivity contribution >= 4 is 0 Å². The Morgan fingerprint density at radius 1 is 0.963 bits per heavy atom. The lowest BCUT2D eigenvalue weighted by molar-refractivity contribution is -0.253. The normalized spacial score (nSPS) is 11.7. The zero-order valence-corrected chi connectivity index (χ0v) is 14.5. The molecule has 1 aromatic carbocycles. The van der Waals surface area contributed by atoms with Crippen molar-refractivity contribution in [1.29, 1.82) is 0 Å². The van der Waals surface area contributed by atoms with Crippen molar-refractivity contribution < 1.29 is 22.3 Å². The maximum absolute atomic E-state index is 13.4. The van der Waals surface area contributed by atoms with Gasteiger partial charge in [-0.05, 0) is 49.7 Å². The van der Waals surface area contributed by atoms with Crippen LogP contribution in [0.1, 0.15) is 11.3 Å². The Labute approximate surface area is 152 Å². The van der Waals surface area contributed by atoms with E-state index in [1.165, 1.54) is 18.2 Å². The van der Waals surface area contributed by atoms with Crippen LogP contribution in [-0.4, -0.2) is 27.5 Å². The first-order chi connectivity index (χ1) is 12.8. The minimum atomic E-state index is -4.61. The van der Waals surface area contributed by atoms with Gasteiger partial charge >= 0.3 is 12.5 Å². The highest BCUT2D eigenvalue weighted by atomic mass is 19.3. The summed E-state index contributed by atoms with van der Waals surface area (Å²) in [6, 6.07) is 10.8. The minimum absolute atomic E-state index is 0.162. The Morgan fingerprint density at radius 3 is 2.37 bits per heavy atom. The lowest BCUT2D eigenvalue weighted by Gasteiger charge is -2.19. The number of pyridine rings is 1. The van der Waals surface area contributed by atoms with Gasteiger partial charge in [-0.2, -0.15) is 17.6 Å². The van der Waals surface area contributed by atoms with E-state index in [2.05, 4.69) is 19.7 Å². The number of alkyl halides is 4. The highest BCUT2D eigenvalue weighted by molar-refractivity contribution is 5.70. The van der Waals surface area contributed by atoms with Gasteiger partial charge in [0.25, 0.3) is 0 Å². The quantitative estimate of drug-likeness (QED) is 0.583. The molecule has 0 aliphatic rings. The lowest BCUT2D eigenvalue weighted by atomic mass is 10.1. The second kappa shape index (κ2) is 7.30. The number of hydrogen-bond acceptors (Lipinski definition) is 4. The second-order valence-corrected chi connectivity index (χ2v) is 5.90. The molecule has 0 aliphatic heterocycles. The summed E-state index contributed by atoms with van der Waals surface area (Å²) < 4.78 is 56.1. The van der Waals surface area contributed by atoms with Gasteiger partial charge in [0.15, 0.2) is 5.82 Å². The summed E-state index contributed by atoms with van der Waals surface area (Å²) in [4.78, 5) is 12.9. The fourth-order valence-corrected chi connectivity index (χ4v) is 2.45. The first-order valence-electron chi connectivity index (χ1n) is 7.99. The molecule has 0 fully saturated rings. The maximum Gasteiger partial charge on any atom is 0.461 e. The van der Waals surface area contributed by atoms with Crippen molar-refractivity contribution in [3.8, 4) is 28.5 Å². The topological polar surface area (TPSA) is 47.9 Å². The van der Waals surface area contributed by atoms with Crippen LogP contribution >= 0.6 is 0 Å². The second-order valence-electron chi connectivity index (χ2n) is 5.90. The van der Waals surface area contributed by atoms with E-state index in [0.717, 1.165) is 11.3 Å². The first kappa shape index (κ1) is 18.8. The fraction of sp³-hybridized carbons (Fsp3) is 0.211. The molecule has 2 aromatic heterocycles. The van der Waals surface area contributed by atoms with Crippen LogP contribution < -0.4 is 4.74 Å². The Hall–Kier alpha value is -3.03. The van der Waals surface area contributed by atoms with Gasteiger partial charge in [-0.3, -0.25) is 0 Å². The largest absolute Gasteiger partial charge is 0.461 e. The molecule has 0 saturated heterocycles. The third-order valence-corrected chi connectivity index (χ3v) is 3.66. The van der Waals surface area contributed by atoms with E-state index in [4.69, 9.17) is 0 Å². The molecule has 27 heavy (non-hydrogen) atoms. The highest BCUT2D eigenvalue weighted by Gasteiger charge is 2.44. The third kappa shape index (κ3) is 4.21. The molecule has 3 rings (SSSR count). The van der Waals surface area contributed by atoms with E-state index in [9.17, 15) is 17.6 Å². The number of aromatic nitrogens is 3. The zero-order chi connectivity index (χ0) is 19.6. The summed E-state index contributed by atoms with van der Waals surface area (Å²) in [5, 5.41) is 0. The summed E-state index contributed by atoms with van der Waals surface area (Å²) in [6.07, 6.45) is -6.98. The molecular weight excluding hydrogens is 362 g/mol. The number of benzene rings is 1. The number of halogens is 4. The number of nitrogens with zero attached hydrogens (tertiary/aromatic N) is 3. The molecule has 0 atom stereocenters. The molecule has 0 spiro atoms. The molecule has 0 saturated carbocycles. The van der Waals surface area contributed by atoms with E-state index in [1.54, 1.807) is 44.3 Å². The van der Waals surface area contributed by atoms with Crippen molar-refractivity contribution in [2.24, 2.45) is 0 Å². The van der Waals surface area contributed by atoms with E-state index in [1.807, 2.05) is 0 Å². The summed E-state index contributed by atoms with van der Waals surface area (Å²) in [5.41, 5.74) is 2.40. The molecule has 0 amide bonds. The van der Waals surface area contributed by atoms with Crippen molar-refractivity contribution in [3.05, 3.63) is 59.9 Å². The average molecular weight is 377 g/mol. The number of ether oxygens (including phenoxy) is 1. The van der Waals surface area contributed by atoms with Crippen molar-refractivity contribution in [3.63, 3.8) is 0 Å². The maximum atomic E-state index is 13.4. The van der Waals surface area contributed by atoms with Crippen LogP contribution in [-0.2, 0) is 0 Å². The van der Waals surface area contributed by atoms with Crippen LogP contribution in [0.15, 0.2) is 48.7 Å². The molecule has 140 valence electrons. The van der Waals surface area contributed by atoms with Crippen LogP contribution in [0, 0.1) is 13.8 Å². The van der Waals surface area contributed by atoms with Gasteiger partial charge in [0.05, 0.1) is 5.69 Å². The molecule has 0 bridgehead atoms. The molecule has 8 heteroatoms. The van der Waals surface area contributed by atoms with E-state index in [0.29, 0.717) is 11.5 Å². The number of hydrogen-bond donors (Lipinski definition) is 0. The predicted molar refractivity (Wildman–Crippen MR) is 91.8 cm³/mol. The van der Waals surface area contributed by atoms with E-state index in [-0.39, 0.29) is 11.3 Å². The van der Waals surface area contributed by atoms with Crippen molar-refractivity contribution in [1.82, 2.24) is 15.0 Å². The average Bonchev–Trinajstić information content (AvgIpc) is 2.61. The molecule has 0 aliphatic carbocycles. The smallest absolute Gasteiger partial charge is 0.428 e. The van der Waals surface area contributed by atoms with Gasteiger partial charge in [0.2, 0.25) is 0 Å². The fourth-order valence-electron chi connectivity index (χ4n) is 2.45. The Kier molecular flexibility index (Phi) is 5.07. The van der Waals surface area contributed by atoms with Crippen LogP contribution in [0.3, 0.4) is 0 Å². The number of aryl methyl sites for hydroxylation is 2. The summed E-state index contributed by atoms with van der Waals surface area (Å²) >= 11 is 0. The van der Waals surface area contributed by atoms with Crippen LogP contribution in [0.2, 0.25) is 0 Å². The van der Waals surface area contributed by atoms with Gasteiger partial charge in [0, 0.05) is 17.5 Å². The zero-order valence-electron chi connectivity index (χ0n) is 14.5. The third-order valence-electron chi connectivity index (χ3n) is 3.66. The SMILES string of the molecule is Cc1cc(-c2nccc(C)n2)nc(-c2ccccc2OC(F)(F)C(F)F)c1.